The van der Waals surface area contributed by atoms with Crippen LogP contribution in [0.15, 0.2) is 57.5 Å². The fraction of sp³-hybridized carbons (Fsp3) is 0.417. The van der Waals surface area contributed by atoms with Gasteiger partial charge in [0.2, 0.25) is 10.0 Å². The van der Waals surface area contributed by atoms with Gasteiger partial charge in [-0.2, -0.15) is 0 Å². The van der Waals surface area contributed by atoms with Crippen molar-refractivity contribution in [2.24, 2.45) is 0 Å². The van der Waals surface area contributed by atoms with Gasteiger partial charge < -0.3 is 19.2 Å². The predicted molar refractivity (Wildman–Crippen MR) is 127 cm³/mol. The van der Waals surface area contributed by atoms with Crippen LogP contribution in [0, 0.1) is 0 Å². The Morgan fingerprint density at radius 2 is 1.77 bits per heavy atom. The number of nitrogens with zero attached hydrogens (tertiary/aromatic N) is 3. The number of aliphatic hydroxyl groups is 1. The number of ether oxygens (including phenoxy) is 1. The summed E-state index contributed by atoms with van der Waals surface area (Å²) in [6.45, 7) is 4.04. The van der Waals surface area contributed by atoms with Gasteiger partial charge in [0.1, 0.15) is 17.6 Å². The zero-order valence-electron chi connectivity index (χ0n) is 19.7. The Morgan fingerprint density at radius 1 is 1.09 bits per heavy atom. The average molecular weight is 504 g/mol. The van der Waals surface area contributed by atoms with Gasteiger partial charge in [-0.15, -0.1) is 0 Å². The Bertz CT molecular complexity index is 1200. The zero-order chi connectivity index (χ0) is 25.2. The Hall–Kier alpha value is -2.99. The Kier molecular flexibility index (Phi) is 7.41. The van der Waals surface area contributed by atoms with Crippen molar-refractivity contribution in [3.63, 3.8) is 0 Å². The molecule has 1 amide bonds. The van der Waals surface area contributed by atoms with Crippen LogP contribution in [0.2, 0.25) is 0 Å². The summed E-state index contributed by atoms with van der Waals surface area (Å²) in [6.07, 6.45) is 2.09. The quantitative estimate of drug-likeness (QED) is 0.328. The van der Waals surface area contributed by atoms with E-state index in [4.69, 9.17) is 9.15 Å². The van der Waals surface area contributed by atoms with Gasteiger partial charge in [0.25, 0.3) is 11.7 Å². The third kappa shape index (κ3) is 5.03. The SMILES string of the molecule is CN(C)S(=O)(=O)c1ccc(C(O)=C2C(=O)C(=O)N(CCCN3CCOCC3)[C@H]2c2ccco2)cc1. The first-order valence-corrected chi connectivity index (χ1v) is 12.8. The lowest BCUT2D eigenvalue weighted by Gasteiger charge is -2.28. The van der Waals surface area contributed by atoms with E-state index in [0.717, 1.165) is 23.9 Å². The first-order valence-electron chi connectivity index (χ1n) is 11.4. The summed E-state index contributed by atoms with van der Waals surface area (Å²) in [5, 5.41) is 11.1. The lowest BCUT2D eigenvalue weighted by atomic mass is 9.99. The largest absolute Gasteiger partial charge is 0.507 e. The minimum absolute atomic E-state index is 0.0465. The highest BCUT2D eigenvalue weighted by Crippen LogP contribution is 2.39. The van der Waals surface area contributed by atoms with Crippen molar-refractivity contribution in [1.29, 1.82) is 0 Å². The second-order valence-electron chi connectivity index (χ2n) is 8.63. The monoisotopic (exact) mass is 503 g/mol. The number of Topliss-reactive ketones (excluding diaryl/α,β-unsaturated/α-hetero) is 1. The van der Waals surface area contributed by atoms with Crippen molar-refractivity contribution in [2.45, 2.75) is 17.4 Å². The molecule has 10 nitrogen and oxygen atoms in total. The molecule has 1 aromatic carbocycles. The van der Waals surface area contributed by atoms with E-state index in [0.29, 0.717) is 31.9 Å². The van der Waals surface area contributed by atoms with Crippen LogP contribution in [0.1, 0.15) is 23.8 Å². The number of carbonyl (C=O) groups excluding carboxylic acids is 2. The van der Waals surface area contributed by atoms with Crippen LogP contribution in [0.5, 0.6) is 0 Å². The normalized spacial score (nSPS) is 21.2. The van der Waals surface area contributed by atoms with Crippen LogP contribution in [-0.2, 0) is 24.3 Å². The number of furan rings is 1. The highest BCUT2D eigenvalue weighted by Gasteiger charge is 2.47. The van der Waals surface area contributed by atoms with Gasteiger partial charge in [-0.1, -0.05) is 0 Å². The molecule has 0 bridgehead atoms. The van der Waals surface area contributed by atoms with E-state index in [2.05, 4.69) is 4.90 Å². The smallest absolute Gasteiger partial charge is 0.295 e. The molecule has 0 spiro atoms. The number of ketones is 1. The number of rotatable bonds is 8. The molecule has 4 rings (SSSR count). The third-order valence-electron chi connectivity index (χ3n) is 6.24. The fourth-order valence-electron chi connectivity index (χ4n) is 4.29. The second kappa shape index (κ2) is 10.3. The van der Waals surface area contributed by atoms with Gasteiger partial charge in [0, 0.05) is 45.8 Å². The number of hydrogen-bond donors (Lipinski definition) is 1. The van der Waals surface area contributed by atoms with Crippen molar-refractivity contribution in [1.82, 2.24) is 14.1 Å². The predicted octanol–water partition coefficient (Wildman–Crippen LogP) is 1.67. The van der Waals surface area contributed by atoms with E-state index in [1.165, 1.54) is 49.5 Å². The van der Waals surface area contributed by atoms with Crippen LogP contribution in [0.4, 0.5) is 0 Å². The number of morpholine rings is 1. The molecule has 35 heavy (non-hydrogen) atoms. The molecule has 1 aromatic heterocycles. The summed E-state index contributed by atoms with van der Waals surface area (Å²) < 4.78 is 36.7. The van der Waals surface area contributed by atoms with E-state index in [1.54, 1.807) is 12.1 Å². The van der Waals surface area contributed by atoms with Crippen molar-refractivity contribution in [2.75, 3.05) is 53.5 Å². The first-order chi connectivity index (χ1) is 16.7. The molecule has 2 aliphatic rings. The van der Waals surface area contributed by atoms with Crippen molar-refractivity contribution < 1.29 is 32.3 Å². The van der Waals surface area contributed by atoms with Gasteiger partial charge in [-0.25, -0.2) is 12.7 Å². The zero-order valence-corrected chi connectivity index (χ0v) is 20.5. The molecule has 188 valence electrons. The van der Waals surface area contributed by atoms with Crippen molar-refractivity contribution >= 4 is 27.5 Å². The number of hydrogen-bond acceptors (Lipinski definition) is 8. The number of benzene rings is 1. The molecule has 1 N–H and O–H groups in total. The summed E-state index contributed by atoms with van der Waals surface area (Å²) in [4.78, 5) is 29.7. The van der Waals surface area contributed by atoms with Gasteiger partial charge >= 0.3 is 0 Å². The van der Waals surface area contributed by atoms with Crippen LogP contribution in [0.3, 0.4) is 0 Å². The fourth-order valence-corrected chi connectivity index (χ4v) is 5.20. The molecule has 1 atom stereocenters. The number of amides is 1. The summed E-state index contributed by atoms with van der Waals surface area (Å²) in [6, 6.07) is 7.97. The van der Waals surface area contributed by atoms with Crippen LogP contribution >= 0.6 is 0 Å². The summed E-state index contributed by atoms with van der Waals surface area (Å²) in [5.41, 5.74) is 0.144. The Balaban J connectivity index is 1.63. The molecule has 0 saturated carbocycles. The molecule has 0 unspecified atom stereocenters. The lowest BCUT2D eigenvalue weighted by molar-refractivity contribution is -0.140. The van der Waals surface area contributed by atoms with Crippen LogP contribution < -0.4 is 0 Å². The lowest BCUT2D eigenvalue weighted by Crippen LogP contribution is -2.38. The number of likely N-dealkylation sites (tertiary alicyclic amines) is 1. The maximum atomic E-state index is 13.0. The summed E-state index contributed by atoms with van der Waals surface area (Å²) in [5.74, 6) is -1.53. The Morgan fingerprint density at radius 3 is 2.37 bits per heavy atom. The van der Waals surface area contributed by atoms with Crippen molar-refractivity contribution in [3.05, 3.63) is 59.6 Å². The molecule has 3 heterocycles. The minimum atomic E-state index is -3.65. The molecule has 0 radical (unpaired) electrons. The number of carbonyl (C=O) groups is 2. The van der Waals surface area contributed by atoms with Crippen LogP contribution in [0.25, 0.3) is 5.76 Å². The molecule has 0 aliphatic carbocycles. The topological polar surface area (TPSA) is 121 Å². The van der Waals surface area contributed by atoms with Gasteiger partial charge in [-0.05, 0) is 42.8 Å². The van der Waals surface area contributed by atoms with E-state index in [9.17, 15) is 23.1 Å². The highest BCUT2D eigenvalue weighted by atomic mass is 32.2. The van der Waals surface area contributed by atoms with E-state index in [-0.39, 0.29) is 21.8 Å². The molecule has 11 heteroatoms. The molecular weight excluding hydrogens is 474 g/mol. The third-order valence-corrected chi connectivity index (χ3v) is 8.07. The maximum Gasteiger partial charge on any atom is 0.295 e. The van der Waals surface area contributed by atoms with E-state index >= 15 is 0 Å². The van der Waals surface area contributed by atoms with Crippen LogP contribution in [-0.4, -0.2) is 92.8 Å². The standard InChI is InChI=1S/C24H29N3O7S/c1-25(2)35(31,32)18-8-6-17(7-9-18)22(28)20-21(19-5-3-14-34-19)27(24(30)23(20)29)11-4-10-26-12-15-33-16-13-26/h3,5-9,14,21,28H,4,10-13,15-16H2,1-2H3/t21-/m0/s1. The maximum absolute atomic E-state index is 13.0. The van der Waals surface area contributed by atoms with E-state index < -0.39 is 27.8 Å². The molecule has 2 saturated heterocycles. The number of aliphatic hydroxyl groups excluding tert-OH is 1. The van der Waals surface area contributed by atoms with Gasteiger partial charge in [0.05, 0.1) is 29.9 Å². The molecule has 2 aliphatic heterocycles. The van der Waals surface area contributed by atoms with Gasteiger partial charge in [-0.3, -0.25) is 14.5 Å². The summed E-state index contributed by atoms with van der Waals surface area (Å²) in [7, 11) is -0.806. The van der Waals surface area contributed by atoms with Crippen molar-refractivity contribution in [3.8, 4) is 0 Å². The molecular formula is C24H29N3O7S. The first kappa shape index (κ1) is 25.1. The Labute approximate surface area is 204 Å². The molecule has 2 aromatic rings. The highest BCUT2D eigenvalue weighted by molar-refractivity contribution is 7.89. The molecule has 2 fully saturated rings. The van der Waals surface area contributed by atoms with E-state index in [1.807, 2.05) is 0 Å². The average Bonchev–Trinajstić information content (AvgIpc) is 3.47. The minimum Gasteiger partial charge on any atom is -0.507 e. The van der Waals surface area contributed by atoms with Gasteiger partial charge in [0.15, 0.2) is 0 Å². The number of sulfonamides is 1. The summed E-state index contributed by atoms with van der Waals surface area (Å²) >= 11 is 0. The second-order valence-corrected chi connectivity index (χ2v) is 10.8.